The molecule has 0 radical (unpaired) electrons. The van der Waals surface area contributed by atoms with Gasteiger partial charge in [-0.25, -0.2) is 8.42 Å². The SMILES string of the molecule is CS(=O)(=O)N1CCOCC2(CN(c3ccsc3)C(=O)CO2)C1. The van der Waals surface area contributed by atoms with Crippen LogP contribution >= 0.6 is 11.3 Å². The van der Waals surface area contributed by atoms with Crippen LogP contribution in [0.1, 0.15) is 0 Å². The molecular formula is C13H18N2O5S2. The maximum atomic E-state index is 12.1. The van der Waals surface area contributed by atoms with Crippen LogP contribution in [0.15, 0.2) is 16.8 Å². The number of hydrogen-bond acceptors (Lipinski definition) is 6. The van der Waals surface area contributed by atoms with Gasteiger partial charge in [-0.3, -0.25) is 4.79 Å². The second-order valence-corrected chi connectivity index (χ2v) is 8.34. The van der Waals surface area contributed by atoms with Gasteiger partial charge in [0.1, 0.15) is 12.2 Å². The average molecular weight is 346 g/mol. The van der Waals surface area contributed by atoms with Gasteiger partial charge < -0.3 is 14.4 Å². The molecule has 1 aromatic heterocycles. The van der Waals surface area contributed by atoms with Crippen LogP contribution in [0.3, 0.4) is 0 Å². The lowest BCUT2D eigenvalue weighted by molar-refractivity contribution is -0.145. The molecule has 0 aromatic carbocycles. The second kappa shape index (κ2) is 5.89. The minimum absolute atomic E-state index is 0.0726. The first-order chi connectivity index (χ1) is 10.4. The highest BCUT2D eigenvalue weighted by Crippen LogP contribution is 2.28. The number of carbonyl (C=O) groups is 1. The maximum absolute atomic E-state index is 12.1. The summed E-state index contributed by atoms with van der Waals surface area (Å²) in [5, 5.41) is 3.79. The van der Waals surface area contributed by atoms with Crippen LogP contribution < -0.4 is 4.90 Å². The molecule has 7 nitrogen and oxygen atoms in total. The fourth-order valence-corrected chi connectivity index (χ4v) is 4.22. The number of sulfonamides is 1. The summed E-state index contributed by atoms with van der Waals surface area (Å²) in [6.45, 7) is 1.30. The van der Waals surface area contributed by atoms with Crippen molar-refractivity contribution in [2.75, 3.05) is 50.6 Å². The molecule has 2 aliphatic heterocycles. The van der Waals surface area contributed by atoms with Crippen molar-refractivity contribution in [3.63, 3.8) is 0 Å². The van der Waals surface area contributed by atoms with Crippen LogP contribution in [-0.2, 0) is 24.3 Å². The smallest absolute Gasteiger partial charge is 0.253 e. The Hall–Kier alpha value is -1.00. The molecule has 0 bridgehead atoms. The van der Waals surface area contributed by atoms with Gasteiger partial charge in [0.2, 0.25) is 10.0 Å². The van der Waals surface area contributed by atoms with Gasteiger partial charge in [0, 0.05) is 18.5 Å². The highest BCUT2D eigenvalue weighted by atomic mass is 32.2. The van der Waals surface area contributed by atoms with Crippen molar-refractivity contribution in [1.29, 1.82) is 0 Å². The summed E-state index contributed by atoms with van der Waals surface area (Å²) in [7, 11) is -3.34. The van der Waals surface area contributed by atoms with Gasteiger partial charge in [-0.15, -0.1) is 0 Å². The van der Waals surface area contributed by atoms with Crippen LogP contribution in [0.2, 0.25) is 0 Å². The molecule has 22 heavy (non-hydrogen) atoms. The lowest BCUT2D eigenvalue weighted by Crippen LogP contribution is -2.61. The molecule has 3 rings (SSSR count). The number of nitrogens with zero attached hydrogens (tertiary/aromatic N) is 2. The van der Waals surface area contributed by atoms with Gasteiger partial charge >= 0.3 is 0 Å². The van der Waals surface area contributed by atoms with E-state index in [1.54, 1.807) is 4.90 Å². The zero-order chi connectivity index (χ0) is 15.8. The van der Waals surface area contributed by atoms with Gasteiger partial charge in [-0.1, -0.05) is 0 Å². The maximum Gasteiger partial charge on any atom is 0.253 e. The predicted molar refractivity (Wildman–Crippen MR) is 82.6 cm³/mol. The molecule has 0 saturated carbocycles. The first kappa shape index (κ1) is 15.9. The third kappa shape index (κ3) is 3.18. The van der Waals surface area contributed by atoms with Crippen LogP contribution in [0, 0.1) is 0 Å². The summed E-state index contributed by atoms with van der Waals surface area (Å²) in [5.74, 6) is -0.126. The molecule has 1 atom stereocenters. The average Bonchev–Trinajstić information content (AvgIpc) is 2.90. The molecule has 2 fully saturated rings. The van der Waals surface area contributed by atoms with Gasteiger partial charge in [0.15, 0.2) is 0 Å². The van der Waals surface area contributed by atoms with Crippen LogP contribution in [0.4, 0.5) is 5.69 Å². The van der Waals surface area contributed by atoms with E-state index < -0.39 is 15.6 Å². The van der Waals surface area contributed by atoms with E-state index in [1.165, 1.54) is 21.9 Å². The van der Waals surface area contributed by atoms with E-state index in [-0.39, 0.29) is 32.2 Å². The number of hydrogen-bond donors (Lipinski definition) is 0. The summed E-state index contributed by atoms with van der Waals surface area (Å²) in [4.78, 5) is 13.8. The monoisotopic (exact) mass is 346 g/mol. The Kier molecular flexibility index (Phi) is 4.25. The number of thiophene rings is 1. The molecule has 2 saturated heterocycles. The first-order valence-electron chi connectivity index (χ1n) is 6.89. The summed E-state index contributed by atoms with van der Waals surface area (Å²) in [6.07, 6.45) is 1.18. The first-order valence-corrected chi connectivity index (χ1v) is 9.68. The molecule has 0 N–H and O–H groups in total. The molecule has 2 aliphatic rings. The molecule has 1 spiro atoms. The van der Waals surface area contributed by atoms with Gasteiger partial charge in [0.05, 0.1) is 31.7 Å². The minimum Gasteiger partial charge on any atom is -0.377 e. The Balaban J connectivity index is 1.86. The fraction of sp³-hybridized carbons (Fsp3) is 0.615. The van der Waals surface area contributed by atoms with Crippen LogP contribution in [-0.4, -0.2) is 69.9 Å². The topological polar surface area (TPSA) is 76.2 Å². The van der Waals surface area contributed by atoms with Crippen molar-refractivity contribution in [3.05, 3.63) is 16.8 Å². The predicted octanol–water partition coefficient (Wildman–Crippen LogP) is 0.142. The van der Waals surface area contributed by atoms with Crippen molar-refractivity contribution < 1.29 is 22.7 Å². The second-order valence-electron chi connectivity index (χ2n) is 5.58. The Bertz CT molecular complexity index is 645. The number of ether oxygens (including phenoxy) is 2. The van der Waals surface area contributed by atoms with Crippen molar-refractivity contribution in [2.45, 2.75) is 5.60 Å². The van der Waals surface area contributed by atoms with E-state index in [0.717, 1.165) is 5.69 Å². The summed E-state index contributed by atoms with van der Waals surface area (Å²) >= 11 is 1.51. The normalized spacial score (nSPS) is 28.0. The van der Waals surface area contributed by atoms with Crippen molar-refractivity contribution in [2.24, 2.45) is 0 Å². The van der Waals surface area contributed by atoms with Crippen molar-refractivity contribution >= 4 is 33.0 Å². The molecular weight excluding hydrogens is 328 g/mol. The summed E-state index contributed by atoms with van der Waals surface area (Å²) in [5.41, 5.74) is -0.0112. The fourth-order valence-electron chi connectivity index (χ4n) is 2.70. The van der Waals surface area contributed by atoms with Gasteiger partial charge in [-0.2, -0.15) is 15.6 Å². The Morgan fingerprint density at radius 2 is 2.18 bits per heavy atom. The Labute approximate surface area is 133 Å². The lowest BCUT2D eigenvalue weighted by Gasteiger charge is -2.42. The zero-order valence-electron chi connectivity index (χ0n) is 12.2. The summed E-state index contributed by atoms with van der Waals surface area (Å²) < 4.78 is 36.4. The molecule has 122 valence electrons. The standard InChI is InChI=1S/C13H18N2O5S2/c1-22(17,18)14-3-4-19-10-13(8-14)9-15(12(16)6-20-13)11-2-5-21-7-11/h2,5,7H,3-4,6,8-10H2,1H3. The minimum atomic E-state index is -3.34. The molecule has 3 heterocycles. The largest absolute Gasteiger partial charge is 0.377 e. The van der Waals surface area contributed by atoms with Gasteiger partial charge in [-0.05, 0) is 11.4 Å². The van der Waals surface area contributed by atoms with E-state index in [1.807, 2.05) is 16.8 Å². The van der Waals surface area contributed by atoms with Gasteiger partial charge in [0.25, 0.3) is 5.91 Å². The number of carbonyl (C=O) groups excluding carboxylic acids is 1. The third-order valence-corrected chi connectivity index (χ3v) is 5.77. The zero-order valence-corrected chi connectivity index (χ0v) is 13.9. The number of amides is 1. The number of rotatable bonds is 2. The molecule has 9 heteroatoms. The number of anilines is 1. The highest BCUT2D eigenvalue weighted by Gasteiger charge is 2.44. The third-order valence-electron chi connectivity index (χ3n) is 3.85. The van der Waals surface area contributed by atoms with Crippen LogP contribution in [0.5, 0.6) is 0 Å². The van der Waals surface area contributed by atoms with E-state index in [4.69, 9.17) is 9.47 Å². The van der Waals surface area contributed by atoms with Crippen molar-refractivity contribution in [1.82, 2.24) is 4.31 Å². The van der Waals surface area contributed by atoms with E-state index in [2.05, 4.69) is 0 Å². The Morgan fingerprint density at radius 3 is 2.86 bits per heavy atom. The summed E-state index contributed by atoms with van der Waals surface area (Å²) in [6, 6.07) is 1.87. The van der Waals surface area contributed by atoms with Crippen LogP contribution in [0.25, 0.3) is 0 Å². The molecule has 0 aliphatic carbocycles. The molecule has 1 unspecified atom stereocenters. The van der Waals surface area contributed by atoms with E-state index in [0.29, 0.717) is 13.2 Å². The van der Waals surface area contributed by atoms with E-state index >= 15 is 0 Å². The Morgan fingerprint density at radius 1 is 1.36 bits per heavy atom. The highest BCUT2D eigenvalue weighted by molar-refractivity contribution is 7.88. The molecule has 1 amide bonds. The van der Waals surface area contributed by atoms with E-state index in [9.17, 15) is 13.2 Å². The lowest BCUT2D eigenvalue weighted by atomic mass is 10.0. The molecule has 1 aromatic rings. The quantitative estimate of drug-likeness (QED) is 0.761. The number of morpholine rings is 1. The van der Waals surface area contributed by atoms with Crippen molar-refractivity contribution in [3.8, 4) is 0 Å².